The number of hydrogen-bond acceptors (Lipinski definition) is 7. The average molecular weight is 551 g/mol. The fourth-order valence-corrected chi connectivity index (χ4v) is 11.2. The molecule has 3 heterocycles. The van der Waals surface area contributed by atoms with E-state index in [0.29, 0.717) is 32.1 Å². The molecule has 0 saturated heterocycles. The second-order valence-corrected chi connectivity index (χ2v) is 14.2. The van der Waals surface area contributed by atoms with E-state index < -0.39 is 34.1 Å². The fourth-order valence-electron chi connectivity index (χ4n) is 11.2. The molecule has 216 valence electrons. The highest BCUT2D eigenvalue weighted by molar-refractivity contribution is 5.85. The Balaban J connectivity index is 1.54. The number of esters is 2. The van der Waals surface area contributed by atoms with Crippen molar-refractivity contribution in [3.05, 3.63) is 23.5 Å². The molecule has 0 amide bonds. The molecule has 7 rings (SSSR count). The van der Waals surface area contributed by atoms with E-state index in [4.69, 9.17) is 14.2 Å². The van der Waals surface area contributed by atoms with Gasteiger partial charge in [-0.25, -0.2) is 4.79 Å². The molecule has 4 aliphatic carbocycles. The van der Waals surface area contributed by atoms with Crippen molar-refractivity contribution in [1.82, 2.24) is 0 Å². The lowest BCUT2D eigenvalue weighted by Crippen LogP contribution is -2.85. The lowest BCUT2D eigenvalue weighted by atomic mass is 9.26. The molecule has 4 bridgehead atoms. The van der Waals surface area contributed by atoms with Crippen LogP contribution in [0.3, 0.4) is 0 Å². The Kier molecular flexibility index (Phi) is 5.72. The topological polar surface area (TPSA) is 102 Å². The van der Waals surface area contributed by atoms with Gasteiger partial charge in [0.05, 0.1) is 41.6 Å². The van der Waals surface area contributed by atoms with Gasteiger partial charge in [-0.15, -0.1) is 5.92 Å². The smallest absolute Gasteiger partial charge is 0.331 e. The van der Waals surface area contributed by atoms with E-state index in [1.165, 1.54) is 5.57 Å². The van der Waals surface area contributed by atoms with Gasteiger partial charge in [0.25, 0.3) is 0 Å². The molecule has 4 fully saturated rings. The van der Waals surface area contributed by atoms with Gasteiger partial charge in [-0.2, -0.15) is 0 Å². The third kappa shape index (κ3) is 2.95. The molecule has 2 N–H and O–H groups in total. The highest BCUT2D eigenvalue weighted by atomic mass is 16.6. The van der Waals surface area contributed by atoms with Crippen LogP contribution in [0.4, 0.5) is 0 Å². The molecule has 7 aliphatic rings. The highest BCUT2D eigenvalue weighted by Gasteiger charge is 2.87. The molecule has 40 heavy (non-hydrogen) atoms. The number of carbonyl (C=O) groups is 2. The van der Waals surface area contributed by atoms with Crippen LogP contribution in [0.2, 0.25) is 0 Å². The minimum absolute atomic E-state index is 0.0817. The quantitative estimate of drug-likeness (QED) is 0.393. The van der Waals surface area contributed by atoms with Gasteiger partial charge < -0.3 is 24.4 Å². The van der Waals surface area contributed by atoms with Crippen molar-refractivity contribution in [2.45, 2.75) is 115 Å². The van der Waals surface area contributed by atoms with Crippen molar-refractivity contribution in [3.8, 4) is 11.8 Å². The number of aliphatic hydroxyl groups is 2. The van der Waals surface area contributed by atoms with Gasteiger partial charge >= 0.3 is 11.9 Å². The van der Waals surface area contributed by atoms with E-state index in [-0.39, 0.29) is 42.4 Å². The van der Waals surface area contributed by atoms with E-state index in [9.17, 15) is 19.8 Å². The summed E-state index contributed by atoms with van der Waals surface area (Å²) in [7, 11) is 0. The van der Waals surface area contributed by atoms with Crippen molar-refractivity contribution in [2.24, 2.45) is 27.1 Å². The minimum Gasteiger partial charge on any atom is -0.492 e. The summed E-state index contributed by atoms with van der Waals surface area (Å²) in [6.07, 6.45) is 12.0. The number of fused-ring (bicyclic) bond motifs is 4. The summed E-state index contributed by atoms with van der Waals surface area (Å²) in [6.45, 7) is 4.35. The van der Waals surface area contributed by atoms with E-state index >= 15 is 0 Å². The molecule has 0 aromatic carbocycles. The predicted molar refractivity (Wildman–Crippen MR) is 145 cm³/mol. The Bertz CT molecular complexity index is 1260. The van der Waals surface area contributed by atoms with Crippen LogP contribution in [-0.2, 0) is 23.8 Å². The summed E-state index contributed by atoms with van der Waals surface area (Å²) in [5.41, 5.74) is -2.15. The van der Waals surface area contributed by atoms with Crippen LogP contribution in [0.15, 0.2) is 23.5 Å². The zero-order valence-corrected chi connectivity index (χ0v) is 23.9. The van der Waals surface area contributed by atoms with E-state index in [1.54, 1.807) is 6.08 Å². The third-order valence-corrected chi connectivity index (χ3v) is 12.8. The lowest BCUT2D eigenvalue weighted by Gasteiger charge is -2.80. The summed E-state index contributed by atoms with van der Waals surface area (Å²) in [5.74, 6) is 6.22. The summed E-state index contributed by atoms with van der Waals surface area (Å²) in [4.78, 5) is 25.3. The average Bonchev–Trinajstić information content (AvgIpc) is 3.59. The maximum atomic E-state index is 13.3. The van der Waals surface area contributed by atoms with Crippen molar-refractivity contribution in [1.29, 1.82) is 0 Å². The second kappa shape index (κ2) is 8.61. The maximum Gasteiger partial charge on any atom is 0.331 e. The molecule has 3 aliphatic heterocycles. The lowest BCUT2D eigenvalue weighted by molar-refractivity contribution is -0.369. The number of aliphatic hydroxyl groups excluding tert-OH is 2. The van der Waals surface area contributed by atoms with E-state index in [1.807, 2.05) is 6.26 Å². The molecule has 4 saturated carbocycles. The molecular formula is C33H42O7. The molecule has 7 unspecified atom stereocenters. The van der Waals surface area contributed by atoms with Crippen molar-refractivity contribution in [2.75, 3.05) is 13.2 Å². The molecule has 0 aromatic rings. The highest BCUT2D eigenvalue weighted by Crippen LogP contribution is 2.83. The standard InChI is InChI=1S/C33H42O7/c1-28-13-9-24(35)31(21-34)32(14-8-22-17-27(37)38-19-22)29(2)10-4-3-7-26(36)40-25(18-29)33(28,31)23(20-39-32)30(16-15-28)11-5-6-12-30/h17,20,24-25,34-35H,3,5-9,11-16,18-19,21H2,1-2H3. The van der Waals surface area contributed by atoms with Gasteiger partial charge in [0, 0.05) is 18.9 Å². The number of rotatable bonds is 4. The zero-order chi connectivity index (χ0) is 28.0. The molecule has 7 atom stereocenters. The molecular weight excluding hydrogens is 508 g/mol. The monoisotopic (exact) mass is 550 g/mol. The first-order valence-corrected chi connectivity index (χ1v) is 15.4. The number of ether oxygens (including phenoxy) is 3. The molecule has 2 spiro atoms. The van der Waals surface area contributed by atoms with Crippen LogP contribution in [0, 0.1) is 38.9 Å². The summed E-state index contributed by atoms with van der Waals surface area (Å²) >= 11 is 0. The summed E-state index contributed by atoms with van der Waals surface area (Å²) < 4.78 is 18.9. The van der Waals surface area contributed by atoms with Gasteiger partial charge in [-0.3, -0.25) is 4.79 Å². The maximum absolute atomic E-state index is 13.3. The first-order chi connectivity index (χ1) is 19.1. The van der Waals surface area contributed by atoms with Gasteiger partial charge in [0.1, 0.15) is 18.3 Å². The Morgan fingerprint density at radius 3 is 2.62 bits per heavy atom. The Morgan fingerprint density at radius 1 is 1.10 bits per heavy atom. The van der Waals surface area contributed by atoms with Crippen LogP contribution in [0.5, 0.6) is 0 Å². The van der Waals surface area contributed by atoms with E-state index in [2.05, 4.69) is 25.7 Å². The summed E-state index contributed by atoms with van der Waals surface area (Å²) in [6, 6.07) is 0. The number of cyclic esters (lactones) is 1. The van der Waals surface area contributed by atoms with Crippen LogP contribution in [0.1, 0.15) is 97.3 Å². The van der Waals surface area contributed by atoms with Crippen LogP contribution in [0.25, 0.3) is 0 Å². The van der Waals surface area contributed by atoms with Crippen molar-refractivity contribution >= 4 is 11.9 Å². The first-order valence-electron chi connectivity index (χ1n) is 15.4. The van der Waals surface area contributed by atoms with Crippen LogP contribution < -0.4 is 0 Å². The third-order valence-electron chi connectivity index (χ3n) is 12.8. The Morgan fingerprint density at radius 2 is 1.90 bits per heavy atom. The van der Waals surface area contributed by atoms with Crippen LogP contribution >= 0.6 is 0 Å². The van der Waals surface area contributed by atoms with Gasteiger partial charge in [-0.05, 0) is 80.3 Å². The second-order valence-electron chi connectivity index (χ2n) is 14.2. The fraction of sp³-hybridized carbons (Fsp3) is 0.758. The predicted octanol–water partition coefficient (Wildman–Crippen LogP) is 4.50. The molecule has 0 aromatic heterocycles. The molecule has 7 heteroatoms. The largest absolute Gasteiger partial charge is 0.492 e. The van der Waals surface area contributed by atoms with Crippen LogP contribution in [-0.4, -0.2) is 53.2 Å². The normalized spacial score (nSPS) is 46.3. The summed E-state index contributed by atoms with van der Waals surface area (Å²) in [5, 5.41) is 24.2. The zero-order valence-electron chi connectivity index (χ0n) is 23.9. The van der Waals surface area contributed by atoms with Gasteiger partial charge in [0.2, 0.25) is 0 Å². The van der Waals surface area contributed by atoms with Gasteiger partial charge in [0.15, 0.2) is 0 Å². The van der Waals surface area contributed by atoms with E-state index in [0.717, 1.165) is 50.5 Å². The first kappa shape index (κ1) is 26.6. The van der Waals surface area contributed by atoms with Crippen molar-refractivity contribution in [3.63, 3.8) is 0 Å². The SMILES string of the molecule is CC12C#CCCC(=O)OC(C1)C13C4=COC2(CCC2=CC(=O)OC2)C1(CO)C(O)CCC3(C)CCC41CCCC1. The minimum atomic E-state index is -1.14. The number of carbonyl (C=O) groups excluding carboxylic acids is 2. The Labute approximate surface area is 236 Å². The molecule has 0 radical (unpaired) electrons. The molecule has 7 nitrogen and oxygen atoms in total. The Hall–Kier alpha value is -2.30. The van der Waals surface area contributed by atoms with Gasteiger partial charge in [-0.1, -0.05) is 25.7 Å². The van der Waals surface area contributed by atoms with Crippen molar-refractivity contribution < 1.29 is 34.0 Å². The number of hydrogen-bond donors (Lipinski definition) is 2.